The van der Waals surface area contributed by atoms with Crippen LogP contribution in [-0.2, 0) is 15.9 Å². The number of unbranched alkanes of at least 4 members (excludes halogenated alkanes) is 2. The summed E-state index contributed by atoms with van der Waals surface area (Å²) < 4.78 is 18.1. The van der Waals surface area contributed by atoms with E-state index >= 15 is 0 Å². The van der Waals surface area contributed by atoms with E-state index in [0.717, 1.165) is 50.5 Å². The molecule has 0 radical (unpaired) electrons. The van der Waals surface area contributed by atoms with Crippen molar-refractivity contribution in [2.24, 2.45) is 11.7 Å². The number of nitrogens with two attached hydrogens (primary N) is 1. The van der Waals surface area contributed by atoms with Crippen molar-refractivity contribution in [3.63, 3.8) is 0 Å². The fourth-order valence-electron chi connectivity index (χ4n) is 4.42. The predicted octanol–water partition coefficient (Wildman–Crippen LogP) is 5.90. The normalized spacial score (nSPS) is 24.0. The highest BCUT2D eigenvalue weighted by Gasteiger charge is 2.35. The van der Waals surface area contributed by atoms with Gasteiger partial charge in [0.05, 0.1) is 24.9 Å². The highest BCUT2D eigenvalue weighted by Crippen LogP contribution is 2.30. The summed E-state index contributed by atoms with van der Waals surface area (Å²) in [6.07, 6.45) is 9.00. The number of ether oxygens (including phenoxy) is 3. The second-order valence-corrected chi connectivity index (χ2v) is 9.18. The van der Waals surface area contributed by atoms with Crippen molar-refractivity contribution in [2.75, 3.05) is 7.11 Å². The molecule has 5 atom stereocenters. The summed E-state index contributed by atoms with van der Waals surface area (Å²) in [6, 6.07) is 8.02. The molecule has 5 heteroatoms. The number of nitriles is 1. The lowest BCUT2D eigenvalue weighted by molar-refractivity contribution is -0.242. The van der Waals surface area contributed by atoms with Crippen LogP contribution in [0, 0.1) is 17.2 Å². The van der Waals surface area contributed by atoms with Gasteiger partial charge in [-0.2, -0.15) is 5.26 Å². The molecular formula is C27H42N2O3. The van der Waals surface area contributed by atoms with Gasteiger partial charge in [-0.3, -0.25) is 0 Å². The molecule has 0 aromatic heterocycles. The van der Waals surface area contributed by atoms with Gasteiger partial charge in [0.15, 0.2) is 6.29 Å². The van der Waals surface area contributed by atoms with Gasteiger partial charge in [0.2, 0.25) is 0 Å². The summed E-state index contributed by atoms with van der Waals surface area (Å²) in [7, 11) is 1.60. The van der Waals surface area contributed by atoms with E-state index in [9.17, 15) is 5.26 Å². The number of nitrogens with zero attached hydrogens (tertiary/aromatic N) is 1. The minimum Gasteiger partial charge on any atom is -0.495 e. The standard InChI is InChI=1S/C27H42N2O3/c1-6-8-9-10-23(31-27-20(4)16-24(29)25(7-2)32-27)15-19(3)11-12-21-13-14-22(18-28)26(17-21)30-5/h13-14,17,20,23-25,27H,3,6-12,15-16,29H2,1-2,4-5H3. The zero-order valence-electron chi connectivity index (χ0n) is 20.4. The van der Waals surface area contributed by atoms with E-state index in [-0.39, 0.29) is 24.5 Å². The van der Waals surface area contributed by atoms with Crippen LogP contribution in [0.25, 0.3) is 0 Å². The van der Waals surface area contributed by atoms with Crippen molar-refractivity contribution in [3.8, 4) is 11.8 Å². The molecule has 2 rings (SSSR count). The molecule has 1 fully saturated rings. The number of aryl methyl sites for hydroxylation is 1. The van der Waals surface area contributed by atoms with Crippen LogP contribution in [0.15, 0.2) is 30.4 Å². The molecule has 0 amide bonds. The molecule has 5 nitrogen and oxygen atoms in total. The number of hydrogen-bond acceptors (Lipinski definition) is 5. The molecule has 1 saturated heterocycles. The van der Waals surface area contributed by atoms with Crippen molar-refractivity contribution in [3.05, 3.63) is 41.5 Å². The van der Waals surface area contributed by atoms with Crippen molar-refractivity contribution >= 4 is 0 Å². The first-order chi connectivity index (χ1) is 15.4. The highest BCUT2D eigenvalue weighted by molar-refractivity contribution is 5.45. The van der Waals surface area contributed by atoms with Crippen LogP contribution in [0.4, 0.5) is 0 Å². The largest absolute Gasteiger partial charge is 0.495 e. The summed E-state index contributed by atoms with van der Waals surface area (Å²) >= 11 is 0. The smallest absolute Gasteiger partial charge is 0.160 e. The average molecular weight is 443 g/mol. The zero-order valence-corrected chi connectivity index (χ0v) is 20.4. The van der Waals surface area contributed by atoms with Gasteiger partial charge in [-0.1, -0.05) is 58.3 Å². The van der Waals surface area contributed by atoms with E-state index in [1.54, 1.807) is 7.11 Å². The third-order valence-corrected chi connectivity index (χ3v) is 6.42. The average Bonchev–Trinajstić information content (AvgIpc) is 2.79. The minimum absolute atomic E-state index is 0.0713. The molecule has 178 valence electrons. The Kier molecular flexibility index (Phi) is 11.2. The van der Waals surface area contributed by atoms with Crippen LogP contribution < -0.4 is 10.5 Å². The quantitative estimate of drug-likeness (QED) is 0.304. The van der Waals surface area contributed by atoms with Crippen LogP contribution in [-0.4, -0.2) is 31.6 Å². The minimum atomic E-state index is -0.193. The zero-order chi connectivity index (χ0) is 23.5. The van der Waals surface area contributed by atoms with Gasteiger partial charge >= 0.3 is 0 Å². The van der Waals surface area contributed by atoms with Gasteiger partial charge in [-0.15, -0.1) is 0 Å². The maximum atomic E-state index is 9.17. The lowest BCUT2D eigenvalue weighted by Gasteiger charge is -2.40. The summed E-state index contributed by atoms with van der Waals surface area (Å²) in [5.74, 6) is 0.921. The summed E-state index contributed by atoms with van der Waals surface area (Å²) in [5.41, 5.74) is 9.16. The van der Waals surface area contributed by atoms with E-state index in [4.69, 9.17) is 19.9 Å². The van der Waals surface area contributed by atoms with Crippen LogP contribution in [0.2, 0.25) is 0 Å². The third-order valence-electron chi connectivity index (χ3n) is 6.42. The Balaban J connectivity index is 1.95. The van der Waals surface area contributed by atoms with Crippen molar-refractivity contribution in [2.45, 2.75) is 103 Å². The van der Waals surface area contributed by atoms with Gasteiger partial charge in [-0.05, 0) is 56.2 Å². The Morgan fingerprint density at radius 1 is 1.34 bits per heavy atom. The van der Waals surface area contributed by atoms with Crippen molar-refractivity contribution in [1.29, 1.82) is 5.26 Å². The van der Waals surface area contributed by atoms with Gasteiger partial charge in [-0.25, -0.2) is 0 Å². The highest BCUT2D eigenvalue weighted by atomic mass is 16.7. The molecule has 1 aromatic carbocycles. The van der Waals surface area contributed by atoms with E-state index in [1.165, 1.54) is 18.4 Å². The molecule has 1 aliphatic heterocycles. The fraction of sp³-hybridized carbons (Fsp3) is 0.667. The maximum Gasteiger partial charge on any atom is 0.160 e. The second-order valence-electron chi connectivity index (χ2n) is 9.18. The molecule has 0 aliphatic carbocycles. The van der Waals surface area contributed by atoms with Crippen molar-refractivity contribution < 1.29 is 14.2 Å². The molecule has 0 bridgehead atoms. The predicted molar refractivity (Wildman–Crippen MR) is 130 cm³/mol. The maximum absolute atomic E-state index is 9.17. The number of hydrogen-bond donors (Lipinski definition) is 1. The SMILES string of the molecule is C=C(CCc1ccc(C#N)c(OC)c1)CC(CCCCC)OC1OC(CC)C(N)CC1C. The number of rotatable bonds is 13. The molecule has 32 heavy (non-hydrogen) atoms. The molecule has 0 spiro atoms. The van der Waals surface area contributed by atoms with Crippen LogP contribution in [0.3, 0.4) is 0 Å². The first-order valence-corrected chi connectivity index (χ1v) is 12.2. The number of methoxy groups -OCH3 is 1. The van der Waals surface area contributed by atoms with Gasteiger partial charge < -0.3 is 19.9 Å². The third kappa shape index (κ3) is 7.92. The van der Waals surface area contributed by atoms with E-state index in [2.05, 4.69) is 33.4 Å². The Labute approximate surface area is 194 Å². The summed E-state index contributed by atoms with van der Waals surface area (Å²) in [5, 5.41) is 9.17. The lowest BCUT2D eigenvalue weighted by atomic mass is 9.92. The Morgan fingerprint density at radius 2 is 2.12 bits per heavy atom. The van der Waals surface area contributed by atoms with Gasteiger partial charge in [0.1, 0.15) is 11.8 Å². The molecule has 1 aromatic rings. The first kappa shape index (κ1) is 26.4. The Hall–Kier alpha value is -1.87. The Morgan fingerprint density at radius 3 is 2.78 bits per heavy atom. The van der Waals surface area contributed by atoms with E-state index < -0.39 is 0 Å². The summed E-state index contributed by atoms with van der Waals surface area (Å²) in [4.78, 5) is 0. The fourth-order valence-corrected chi connectivity index (χ4v) is 4.42. The van der Waals surface area contributed by atoms with Gasteiger partial charge in [0.25, 0.3) is 0 Å². The Bertz CT molecular complexity index is 758. The lowest BCUT2D eigenvalue weighted by Crippen LogP contribution is -2.49. The molecule has 5 unspecified atom stereocenters. The van der Waals surface area contributed by atoms with Gasteiger partial charge in [0, 0.05) is 12.0 Å². The second kappa shape index (κ2) is 13.6. The molecular weight excluding hydrogens is 400 g/mol. The van der Waals surface area contributed by atoms with E-state index in [0.29, 0.717) is 17.2 Å². The van der Waals surface area contributed by atoms with Crippen molar-refractivity contribution in [1.82, 2.24) is 0 Å². The monoisotopic (exact) mass is 442 g/mol. The van der Waals surface area contributed by atoms with Crippen LogP contribution >= 0.6 is 0 Å². The molecule has 2 N–H and O–H groups in total. The summed E-state index contributed by atoms with van der Waals surface area (Å²) in [6.45, 7) is 10.9. The van der Waals surface area contributed by atoms with E-state index in [1.807, 2.05) is 18.2 Å². The molecule has 0 saturated carbocycles. The molecule has 1 aliphatic rings. The van der Waals surface area contributed by atoms with Crippen LogP contribution in [0.1, 0.15) is 83.3 Å². The topological polar surface area (TPSA) is 77.5 Å². The molecule has 1 heterocycles. The van der Waals surface area contributed by atoms with Crippen LogP contribution in [0.5, 0.6) is 5.75 Å². The number of benzene rings is 1. The first-order valence-electron chi connectivity index (χ1n) is 12.2.